The fourth-order valence-electron chi connectivity index (χ4n) is 7.80. The van der Waals surface area contributed by atoms with Gasteiger partial charge < -0.3 is 15.2 Å². The minimum absolute atomic E-state index is 0.196. The van der Waals surface area contributed by atoms with Crippen LogP contribution in [-0.4, -0.2) is 11.1 Å². The lowest BCUT2D eigenvalue weighted by molar-refractivity contribution is 0.365. The Bertz CT molecular complexity index is 1670. The van der Waals surface area contributed by atoms with Crippen molar-refractivity contribution in [2.24, 2.45) is 23.7 Å². The van der Waals surface area contributed by atoms with Crippen molar-refractivity contribution in [2.45, 2.75) is 99.5 Å². The van der Waals surface area contributed by atoms with Crippen molar-refractivity contribution >= 4 is 5.70 Å². The maximum Gasteiger partial charge on any atom is 0.123 e. The van der Waals surface area contributed by atoms with Crippen molar-refractivity contribution < 1.29 is 4.39 Å². The summed E-state index contributed by atoms with van der Waals surface area (Å²) in [7, 11) is 0. The SMILES string of the molecule is C=C/C=C(\C=C)NC(=C)c1c(-c2ccccc2)c(-c2ccc(F)cc2)n(CC[C@@H](C)C[C@@H](C)CC(=C)NCC[C@@H](C)C[C@@H](C)CC(=C)C)c1C(C)C. The third kappa shape index (κ3) is 12.4. The number of benzene rings is 2. The van der Waals surface area contributed by atoms with Crippen LogP contribution in [0.5, 0.6) is 0 Å². The van der Waals surface area contributed by atoms with Crippen molar-refractivity contribution in [3.63, 3.8) is 0 Å². The van der Waals surface area contributed by atoms with Gasteiger partial charge in [0.1, 0.15) is 5.82 Å². The highest BCUT2D eigenvalue weighted by atomic mass is 19.1. The van der Waals surface area contributed by atoms with Gasteiger partial charge in [0.15, 0.2) is 0 Å². The first-order valence-electron chi connectivity index (χ1n) is 19.3. The highest BCUT2D eigenvalue weighted by Gasteiger charge is 2.28. The van der Waals surface area contributed by atoms with Crippen LogP contribution in [0.1, 0.15) is 104 Å². The van der Waals surface area contributed by atoms with Crippen LogP contribution in [0.25, 0.3) is 28.1 Å². The largest absolute Gasteiger partial charge is 0.389 e. The van der Waals surface area contributed by atoms with Crippen LogP contribution in [0.3, 0.4) is 0 Å². The first kappa shape index (κ1) is 42.1. The molecule has 0 aliphatic heterocycles. The standard InChI is InChI=1S/C48H66FN3/c1-13-18-44(14-2)51-40(12)45-46(41-19-16-15-17-20-41)48(42-21-23-43(49)24-22-42)52(47(45)34(5)6)28-26-36(8)31-38(10)32-39(11)50-27-25-35(7)30-37(9)29-33(3)4/h13-24,34-38,50-51H,1-3,11-12,25-32H2,4-10H3/b44-18+/t35-,36-,37+,38-/m1/s1. The van der Waals surface area contributed by atoms with Crippen LogP contribution in [0.15, 0.2) is 123 Å². The molecule has 0 unspecified atom stereocenters. The molecule has 3 nitrogen and oxygen atoms in total. The molecule has 0 fully saturated rings. The van der Waals surface area contributed by atoms with E-state index in [0.29, 0.717) is 23.7 Å². The Kier molecular flexibility index (Phi) is 16.7. The van der Waals surface area contributed by atoms with E-state index in [0.717, 1.165) is 90.2 Å². The number of halogens is 1. The minimum Gasteiger partial charge on any atom is -0.389 e. The zero-order valence-corrected chi connectivity index (χ0v) is 33.3. The lowest BCUT2D eigenvalue weighted by atomic mass is 9.90. The van der Waals surface area contributed by atoms with Gasteiger partial charge in [0, 0.05) is 47.0 Å². The van der Waals surface area contributed by atoms with Crippen molar-refractivity contribution in [2.75, 3.05) is 6.54 Å². The molecule has 4 atom stereocenters. The Labute approximate surface area is 316 Å². The molecule has 2 aromatic carbocycles. The highest BCUT2D eigenvalue weighted by Crippen LogP contribution is 2.45. The van der Waals surface area contributed by atoms with Gasteiger partial charge in [0.25, 0.3) is 0 Å². The van der Waals surface area contributed by atoms with E-state index in [1.165, 1.54) is 17.7 Å². The number of hydrogen-bond donors (Lipinski definition) is 2. The van der Waals surface area contributed by atoms with Gasteiger partial charge in [-0.2, -0.15) is 0 Å². The van der Waals surface area contributed by atoms with Gasteiger partial charge in [-0.25, -0.2) is 4.39 Å². The Morgan fingerprint density at radius 1 is 0.788 bits per heavy atom. The summed E-state index contributed by atoms with van der Waals surface area (Å²) in [5, 5.41) is 7.15. The second kappa shape index (κ2) is 20.7. The molecule has 3 aromatic rings. The first-order valence-corrected chi connectivity index (χ1v) is 19.3. The van der Waals surface area contributed by atoms with Crippen LogP contribution in [0, 0.1) is 29.5 Å². The van der Waals surface area contributed by atoms with Crippen molar-refractivity contribution in [1.82, 2.24) is 15.2 Å². The van der Waals surface area contributed by atoms with Crippen LogP contribution in [0.4, 0.5) is 4.39 Å². The van der Waals surface area contributed by atoms with Gasteiger partial charge in [-0.1, -0.05) is 110 Å². The predicted molar refractivity (Wildman–Crippen MR) is 226 cm³/mol. The van der Waals surface area contributed by atoms with E-state index in [1.807, 2.05) is 24.3 Å². The number of nitrogens with one attached hydrogen (secondary N) is 2. The Balaban J connectivity index is 1.87. The molecule has 3 rings (SSSR count). The summed E-state index contributed by atoms with van der Waals surface area (Å²) in [6, 6.07) is 17.4. The Hall–Kier alpha value is -4.31. The van der Waals surface area contributed by atoms with E-state index in [9.17, 15) is 4.39 Å². The summed E-state index contributed by atoms with van der Waals surface area (Å²) in [6.07, 6.45) is 12.0. The number of nitrogens with zero attached hydrogens (tertiary/aromatic N) is 1. The molecule has 0 saturated carbocycles. The molecule has 0 aliphatic carbocycles. The monoisotopic (exact) mass is 704 g/mol. The van der Waals surface area contributed by atoms with Gasteiger partial charge in [0.2, 0.25) is 0 Å². The van der Waals surface area contributed by atoms with Crippen molar-refractivity contribution in [3.8, 4) is 22.4 Å². The summed E-state index contributed by atoms with van der Waals surface area (Å²) < 4.78 is 16.8. The molecule has 0 amide bonds. The molecular formula is C48H66FN3. The molecular weight excluding hydrogens is 638 g/mol. The summed E-state index contributed by atoms with van der Waals surface area (Å²) >= 11 is 0. The van der Waals surface area contributed by atoms with Crippen molar-refractivity contribution in [3.05, 3.63) is 140 Å². The Morgan fingerprint density at radius 3 is 1.98 bits per heavy atom. The van der Waals surface area contributed by atoms with Gasteiger partial charge in [0.05, 0.1) is 5.69 Å². The lowest BCUT2D eigenvalue weighted by Gasteiger charge is -2.23. The second-order valence-electron chi connectivity index (χ2n) is 15.7. The summed E-state index contributed by atoms with van der Waals surface area (Å²) in [5.74, 6) is 2.33. The second-order valence-corrected chi connectivity index (χ2v) is 15.7. The number of rotatable bonds is 23. The van der Waals surface area contributed by atoms with E-state index in [-0.39, 0.29) is 11.7 Å². The molecule has 0 spiro atoms. The minimum atomic E-state index is -0.245. The molecule has 280 valence electrons. The van der Waals surface area contributed by atoms with E-state index < -0.39 is 0 Å². The fourth-order valence-corrected chi connectivity index (χ4v) is 7.80. The van der Waals surface area contributed by atoms with Gasteiger partial charge >= 0.3 is 0 Å². The summed E-state index contributed by atoms with van der Waals surface area (Å²) in [6.45, 7) is 38.8. The maximum absolute atomic E-state index is 14.3. The molecule has 0 bridgehead atoms. The normalized spacial score (nSPS) is 14.0. The predicted octanol–water partition coefficient (Wildman–Crippen LogP) is 13.5. The quantitative estimate of drug-likeness (QED) is 0.0760. The zero-order valence-electron chi connectivity index (χ0n) is 33.3. The molecule has 1 heterocycles. The smallest absolute Gasteiger partial charge is 0.123 e. The van der Waals surface area contributed by atoms with Crippen LogP contribution < -0.4 is 10.6 Å². The van der Waals surface area contributed by atoms with Gasteiger partial charge in [-0.05, 0) is 123 Å². The van der Waals surface area contributed by atoms with E-state index in [1.54, 1.807) is 24.3 Å². The molecule has 52 heavy (non-hydrogen) atoms. The first-order chi connectivity index (χ1) is 24.7. The molecule has 1 aromatic heterocycles. The lowest BCUT2D eigenvalue weighted by Crippen LogP contribution is -2.19. The summed E-state index contributed by atoms with van der Waals surface area (Å²) in [4.78, 5) is 0. The molecule has 0 radical (unpaired) electrons. The fraction of sp³-hybridized carbons (Fsp3) is 0.417. The van der Waals surface area contributed by atoms with E-state index in [2.05, 4.69) is 121 Å². The topological polar surface area (TPSA) is 29.0 Å². The molecule has 0 aliphatic rings. The maximum atomic E-state index is 14.3. The highest BCUT2D eigenvalue weighted by molar-refractivity contribution is 5.93. The van der Waals surface area contributed by atoms with E-state index in [4.69, 9.17) is 0 Å². The molecule has 2 N–H and O–H groups in total. The number of hydrogen-bond acceptors (Lipinski definition) is 2. The molecule has 0 saturated heterocycles. The van der Waals surface area contributed by atoms with Gasteiger partial charge in [-0.15, -0.1) is 6.58 Å². The van der Waals surface area contributed by atoms with Crippen LogP contribution >= 0.6 is 0 Å². The van der Waals surface area contributed by atoms with Crippen LogP contribution in [0.2, 0.25) is 0 Å². The van der Waals surface area contributed by atoms with Crippen molar-refractivity contribution in [1.29, 1.82) is 0 Å². The number of allylic oxidation sites excluding steroid dienone is 5. The average Bonchev–Trinajstić information content (AvgIpc) is 3.43. The van der Waals surface area contributed by atoms with Gasteiger partial charge in [-0.3, -0.25) is 0 Å². The summed E-state index contributed by atoms with van der Waals surface area (Å²) in [5.41, 5.74) is 10.6. The Morgan fingerprint density at radius 2 is 1.40 bits per heavy atom. The molecule has 4 heteroatoms. The van der Waals surface area contributed by atoms with E-state index >= 15 is 0 Å². The average molecular weight is 704 g/mol. The zero-order chi connectivity index (χ0) is 38.4. The van der Waals surface area contributed by atoms with Crippen LogP contribution in [-0.2, 0) is 6.54 Å². The number of aromatic nitrogens is 1. The third-order valence-corrected chi connectivity index (χ3v) is 9.90. The third-order valence-electron chi connectivity index (χ3n) is 9.90.